The predicted octanol–water partition coefficient (Wildman–Crippen LogP) is 1.58. The van der Waals surface area contributed by atoms with Crippen molar-refractivity contribution in [3.63, 3.8) is 0 Å². The molecule has 1 aromatic carbocycles. The van der Waals surface area contributed by atoms with Crippen LogP contribution in [-0.2, 0) is 11.2 Å². The van der Waals surface area contributed by atoms with Crippen LogP contribution < -0.4 is 15.8 Å². The number of hydrogen-bond acceptors (Lipinski definition) is 4. The summed E-state index contributed by atoms with van der Waals surface area (Å²) in [6, 6.07) is 10.7. The monoisotopic (exact) mass is 304 g/mol. The summed E-state index contributed by atoms with van der Waals surface area (Å²) in [5, 5.41) is 4.86. The van der Waals surface area contributed by atoms with E-state index in [9.17, 15) is 9.59 Å². The second-order valence-electron chi connectivity index (χ2n) is 4.37. The Morgan fingerprint density at radius 1 is 1.24 bits per heavy atom. The van der Waals surface area contributed by atoms with E-state index in [0.717, 1.165) is 6.42 Å². The topological polar surface area (TPSA) is 81.4 Å². The molecule has 0 radical (unpaired) electrons. The molecule has 110 valence electrons. The molecule has 2 aromatic rings. The van der Waals surface area contributed by atoms with Gasteiger partial charge in [-0.3, -0.25) is 9.59 Å². The highest BCUT2D eigenvalue weighted by atomic mass is 32.1. The van der Waals surface area contributed by atoms with E-state index < -0.39 is 5.91 Å². The number of carbonyl (C=O) groups excluding carboxylic acids is 2. The van der Waals surface area contributed by atoms with Crippen molar-refractivity contribution in [2.45, 2.75) is 6.42 Å². The van der Waals surface area contributed by atoms with Crippen molar-refractivity contribution in [2.75, 3.05) is 13.2 Å². The number of benzene rings is 1. The first-order valence-corrected chi connectivity index (χ1v) is 7.35. The lowest BCUT2D eigenvalue weighted by molar-refractivity contribution is -0.119. The van der Waals surface area contributed by atoms with Gasteiger partial charge in [0, 0.05) is 17.0 Å². The largest absolute Gasteiger partial charge is 0.484 e. The third-order valence-electron chi connectivity index (χ3n) is 2.71. The first-order valence-electron chi connectivity index (χ1n) is 6.47. The van der Waals surface area contributed by atoms with Crippen LogP contribution in [0.5, 0.6) is 5.75 Å². The standard InChI is InChI=1S/C15H16N2O3S/c16-14(18)10-20-12-4-1-3-11(9-12)15(19)17-7-6-13-5-2-8-21-13/h1-5,8-9H,6-7,10H2,(H2,16,18)(H,17,19). The second-order valence-corrected chi connectivity index (χ2v) is 5.40. The molecule has 21 heavy (non-hydrogen) atoms. The van der Waals surface area contributed by atoms with Gasteiger partial charge in [0.15, 0.2) is 6.61 Å². The Morgan fingerprint density at radius 2 is 2.10 bits per heavy atom. The van der Waals surface area contributed by atoms with Crippen LogP contribution in [0.1, 0.15) is 15.2 Å². The molecule has 0 spiro atoms. The van der Waals surface area contributed by atoms with Crippen LogP contribution in [0.2, 0.25) is 0 Å². The van der Waals surface area contributed by atoms with Crippen LogP contribution in [-0.4, -0.2) is 25.0 Å². The molecule has 0 unspecified atom stereocenters. The van der Waals surface area contributed by atoms with Crippen LogP contribution in [0.3, 0.4) is 0 Å². The maximum Gasteiger partial charge on any atom is 0.255 e. The predicted molar refractivity (Wildman–Crippen MR) is 81.5 cm³/mol. The van der Waals surface area contributed by atoms with Crippen molar-refractivity contribution in [2.24, 2.45) is 5.73 Å². The minimum absolute atomic E-state index is 0.170. The second kappa shape index (κ2) is 7.44. The van der Waals surface area contributed by atoms with Crippen LogP contribution in [0.15, 0.2) is 41.8 Å². The normalized spacial score (nSPS) is 10.1. The highest BCUT2D eigenvalue weighted by Crippen LogP contribution is 2.13. The number of thiophene rings is 1. The highest BCUT2D eigenvalue weighted by Gasteiger charge is 2.07. The maximum atomic E-state index is 12.0. The van der Waals surface area contributed by atoms with Crippen molar-refractivity contribution in [3.05, 3.63) is 52.2 Å². The van der Waals surface area contributed by atoms with Gasteiger partial charge in [0.05, 0.1) is 0 Å². The van der Waals surface area contributed by atoms with Crippen molar-refractivity contribution in [3.8, 4) is 5.75 Å². The summed E-state index contributed by atoms with van der Waals surface area (Å²) < 4.78 is 5.17. The lowest BCUT2D eigenvalue weighted by Crippen LogP contribution is -2.25. The Bertz CT molecular complexity index is 611. The molecule has 0 atom stereocenters. The van der Waals surface area contributed by atoms with Crippen LogP contribution in [0, 0.1) is 0 Å². The molecule has 0 saturated heterocycles. The molecule has 0 fully saturated rings. The third-order valence-corrected chi connectivity index (χ3v) is 3.65. The Morgan fingerprint density at radius 3 is 2.81 bits per heavy atom. The molecular formula is C15H16N2O3S. The molecule has 0 aliphatic rings. The maximum absolute atomic E-state index is 12.0. The van der Waals surface area contributed by atoms with Gasteiger partial charge in [-0.1, -0.05) is 12.1 Å². The van der Waals surface area contributed by atoms with E-state index in [2.05, 4.69) is 5.32 Å². The summed E-state index contributed by atoms with van der Waals surface area (Å²) in [6.45, 7) is 0.370. The molecule has 0 aliphatic heterocycles. The van der Waals surface area contributed by atoms with E-state index in [-0.39, 0.29) is 12.5 Å². The van der Waals surface area contributed by atoms with Gasteiger partial charge in [0.25, 0.3) is 11.8 Å². The van der Waals surface area contributed by atoms with Crippen LogP contribution in [0.4, 0.5) is 0 Å². The molecule has 3 N–H and O–H groups in total. The van der Waals surface area contributed by atoms with Gasteiger partial charge in [-0.05, 0) is 36.1 Å². The van der Waals surface area contributed by atoms with Crippen LogP contribution in [0.25, 0.3) is 0 Å². The van der Waals surface area contributed by atoms with Crippen molar-refractivity contribution in [1.82, 2.24) is 5.32 Å². The Hall–Kier alpha value is -2.34. The Balaban J connectivity index is 1.86. The van der Waals surface area contributed by atoms with Gasteiger partial charge in [0.1, 0.15) is 5.75 Å². The summed E-state index contributed by atoms with van der Waals surface area (Å²) in [5.74, 6) is -0.281. The molecule has 2 rings (SSSR count). The summed E-state index contributed by atoms with van der Waals surface area (Å²) in [6.07, 6.45) is 0.807. The number of amides is 2. The fourth-order valence-electron chi connectivity index (χ4n) is 1.74. The Labute approximate surface area is 126 Å². The van der Waals surface area contributed by atoms with E-state index in [4.69, 9.17) is 10.5 Å². The number of primary amides is 1. The average Bonchev–Trinajstić information content (AvgIpc) is 2.98. The third kappa shape index (κ3) is 4.92. The van der Waals surface area contributed by atoms with Gasteiger partial charge in [-0.25, -0.2) is 0 Å². The van der Waals surface area contributed by atoms with Crippen molar-refractivity contribution < 1.29 is 14.3 Å². The zero-order chi connectivity index (χ0) is 15.1. The molecule has 6 heteroatoms. The quantitative estimate of drug-likeness (QED) is 0.815. The fourth-order valence-corrected chi connectivity index (χ4v) is 2.45. The first-order chi connectivity index (χ1) is 10.1. The molecule has 5 nitrogen and oxygen atoms in total. The van der Waals surface area contributed by atoms with Crippen molar-refractivity contribution in [1.29, 1.82) is 0 Å². The average molecular weight is 304 g/mol. The molecule has 1 aromatic heterocycles. The summed E-state index contributed by atoms with van der Waals surface area (Å²) in [7, 11) is 0. The smallest absolute Gasteiger partial charge is 0.255 e. The minimum Gasteiger partial charge on any atom is -0.484 e. The van der Waals surface area contributed by atoms with Crippen molar-refractivity contribution >= 4 is 23.2 Å². The van der Waals surface area contributed by atoms with E-state index in [1.807, 2.05) is 17.5 Å². The number of nitrogens with one attached hydrogen (secondary N) is 1. The molecule has 0 saturated carbocycles. The van der Waals surface area contributed by atoms with E-state index in [1.54, 1.807) is 35.6 Å². The molecule has 0 bridgehead atoms. The van der Waals surface area contributed by atoms with Gasteiger partial charge in [-0.15, -0.1) is 11.3 Å². The van der Waals surface area contributed by atoms with Gasteiger partial charge in [0.2, 0.25) is 0 Å². The summed E-state index contributed by atoms with van der Waals surface area (Å²) >= 11 is 1.67. The zero-order valence-electron chi connectivity index (χ0n) is 11.4. The summed E-state index contributed by atoms with van der Waals surface area (Å²) in [5.41, 5.74) is 5.50. The van der Waals surface area contributed by atoms with Gasteiger partial charge < -0.3 is 15.8 Å². The molecular weight excluding hydrogens is 288 g/mol. The zero-order valence-corrected chi connectivity index (χ0v) is 12.2. The number of carbonyl (C=O) groups is 2. The molecule has 0 aliphatic carbocycles. The minimum atomic E-state index is -0.555. The number of rotatable bonds is 7. The Kier molecular flexibility index (Phi) is 5.34. The van der Waals surface area contributed by atoms with E-state index >= 15 is 0 Å². The summed E-state index contributed by atoms with van der Waals surface area (Å²) in [4.78, 5) is 23.9. The van der Waals surface area contributed by atoms with Gasteiger partial charge >= 0.3 is 0 Å². The van der Waals surface area contributed by atoms with Gasteiger partial charge in [-0.2, -0.15) is 0 Å². The highest BCUT2D eigenvalue weighted by molar-refractivity contribution is 7.09. The first kappa shape index (κ1) is 15.1. The SMILES string of the molecule is NC(=O)COc1cccc(C(=O)NCCc2cccs2)c1. The number of ether oxygens (including phenoxy) is 1. The molecule has 1 heterocycles. The lowest BCUT2D eigenvalue weighted by atomic mass is 10.2. The molecule has 2 amide bonds. The number of nitrogens with two attached hydrogens (primary N) is 1. The van der Waals surface area contributed by atoms with Crippen LogP contribution >= 0.6 is 11.3 Å². The lowest BCUT2D eigenvalue weighted by Gasteiger charge is -2.07. The number of hydrogen-bond donors (Lipinski definition) is 2. The fraction of sp³-hybridized carbons (Fsp3) is 0.200. The van der Waals surface area contributed by atoms with E-state index in [0.29, 0.717) is 17.9 Å². The van der Waals surface area contributed by atoms with E-state index in [1.165, 1.54) is 4.88 Å².